The standard InChI is InChI=1S/C23H36N6O2.HI/c1-4-23(2)20(30)29(22(31)27-23)15-9-13-25-21(24-3)26-16-19-12-8-14-28(19)17-18-10-6-5-7-11-18;/h5-7,10-11,19H,4,8-9,12-17H2,1-3H3,(H,27,31)(H2,24,25,26);1H. The molecule has 0 aromatic heterocycles. The summed E-state index contributed by atoms with van der Waals surface area (Å²) in [7, 11) is 1.76. The fourth-order valence-electron chi connectivity index (χ4n) is 4.22. The molecule has 1 aromatic rings. The molecule has 2 fully saturated rings. The molecule has 3 rings (SSSR count). The molecule has 9 heteroatoms. The van der Waals surface area contributed by atoms with Gasteiger partial charge in [0.25, 0.3) is 5.91 Å². The van der Waals surface area contributed by atoms with E-state index in [-0.39, 0.29) is 35.9 Å². The maximum Gasteiger partial charge on any atom is 0.325 e. The molecule has 2 saturated heterocycles. The number of halogens is 1. The summed E-state index contributed by atoms with van der Waals surface area (Å²) < 4.78 is 0. The zero-order valence-corrected chi connectivity index (χ0v) is 21.7. The van der Waals surface area contributed by atoms with Crippen molar-refractivity contribution in [1.29, 1.82) is 0 Å². The lowest BCUT2D eigenvalue weighted by Gasteiger charge is -2.25. The van der Waals surface area contributed by atoms with Crippen molar-refractivity contribution in [2.75, 3.05) is 33.2 Å². The number of likely N-dealkylation sites (tertiary alicyclic amines) is 1. The summed E-state index contributed by atoms with van der Waals surface area (Å²) in [6, 6.07) is 10.8. The number of amides is 3. The molecule has 0 aliphatic carbocycles. The van der Waals surface area contributed by atoms with E-state index in [4.69, 9.17) is 0 Å². The van der Waals surface area contributed by atoms with E-state index in [1.807, 2.05) is 6.92 Å². The first-order valence-corrected chi connectivity index (χ1v) is 11.3. The van der Waals surface area contributed by atoms with Gasteiger partial charge in [-0.2, -0.15) is 0 Å². The van der Waals surface area contributed by atoms with Gasteiger partial charge in [-0.3, -0.25) is 19.6 Å². The molecule has 32 heavy (non-hydrogen) atoms. The van der Waals surface area contributed by atoms with Crippen molar-refractivity contribution in [2.24, 2.45) is 4.99 Å². The minimum atomic E-state index is -0.769. The van der Waals surface area contributed by atoms with Gasteiger partial charge in [-0.05, 0) is 44.7 Å². The number of hydrogen-bond donors (Lipinski definition) is 3. The number of carbonyl (C=O) groups is 2. The van der Waals surface area contributed by atoms with E-state index in [2.05, 4.69) is 56.2 Å². The molecule has 0 bridgehead atoms. The number of guanidine groups is 1. The van der Waals surface area contributed by atoms with Gasteiger partial charge in [0, 0.05) is 39.3 Å². The van der Waals surface area contributed by atoms with Gasteiger partial charge in [-0.1, -0.05) is 37.3 Å². The predicted octanol–water partition coefficient (Wildman–Crippen LogP) is 2.54. The molecule has 2 aliphatic heterocycles. The number of nitrogens with zero attached hydrogens (tertiary/aromatic N) is 3. The lowest BCUT2D eigenvalue weighted by molar-refractivity contribution is -0.130. The predicted molar refractivity (Wildman–Crippen MR) is 138 cm³/mol. The van der Waals surface area contributed by atoms with E-state index in [1.165, 1.54) is 23.3 Å². The maximum atomic E-state index is 12.4. The molecule has 0 radical (unpaired) electrons. The number of imide groups is 1. The Balaban J connectivity index is 0.00000363. The van der Waals surface area contributed by atoms with Crippen LogP contribution in [0.4, 0.5) is 4.79 Å². The monoisotopic (exact) mass is 556 g/mol. The number of hydrogen-bond acceptors (Lipinski definition) is 4. The van der Waals surface area contributed by atoms with Crippen LogP contribution in [0.25, 0.3) is 0 Å². The van der Waals surface area contributed by atoms with Gasteiger partial charge in [0.2, 0.25) is 0 Å². The van der Waals surface area contributed by atoms with Crippen molar-refractivity contribution >= 4 is 41.9 Å². The third-order valence-corrected chi connectivity index (χ3v) is 6.36. The summed E-state index contributed by atoms with van der Waals surface area (Å²) in [6.45, 7) is 7.66. The molecule has 0 spiro atoms. The molecule has 178 valence electrons. The Labute approximate surface area is 208 Å². The Morgan fingerprint density at radius 3 is 2.66 bits per heavy atom. The second-order valence-corrected chi connectivity index (χ2v) is 8.56. The smallest absolute Gasteiger partial charge is 0.325 e. The number of benzene rings is 1. The molecule has 2 unspecified atom stereocenters. The molecular weight excluding hydrogens is 519 g/mol. The Hall–Kier alpha value is -1.88. The van der Waals surface area contributed by atoms with Gasteiger partial charge in [-0.15, -0.1) is 24.0 Å². The van der Waals surface area contributed by atoms with Crippen molar-refractivity contribution in [3.63, 3.8) is 0 Å². The third kappa shape index (κ3) is 6.57. The maximum absolute atomic E-state index is 12.4. The highest BCUT2D eigenvalue weighted by atomic mass is 127. The van der Waals surface area contributed by atoms with Crippen molar-refractivity contribution in [3.05, 3.63) is 35.9 Å². The average Bonchev–Trinajstić information content (AvgIpc) is 3.30. The third-order valence-electron chi connectivity index (χ3n) is 6.36. The summed E-state index contributed by atoms with van der Waals surface area (Å²) >= 11 is 0. The van der Waals surface area contributed by atoms with Crippen molar-refractivity contribution in [2.45, 2.75) is 57.7 Å². The average molecular weight is 556 g/mol. The molecule has 1 aromatic carbocycles. The fraction of sp³-hybridized carbons (Fsp3) is 0.609. The summed E-state index contributed by atoms with van der Waals surface area (Å²) in [5, 5.41) is 9.52. The second-order valence-electron chi connectivity index (χ2n) is 8.56. The normalized spacial score (nSPS) is 23.8. The van der Waals surface area contributed by atoms with Crippen LogP contribution in [0.2, 0.25) is 0 Å². The van der Waals surface area contributed by atoms with Crippen LogP contribution in [-0.2, 0) is 11.3 Å². The summed E-state index contributed by atoms with van der Waals surface area (Å²) in [6.07, 6.45) is 3.65. The van der Waals surface area contributed by atoms with E-state index in [1.54, 1.807) is 14.0 Å². The fourth-order valence-corrected chi connectivity index (χ4v) is 4.22. The largest absolute Gasteiger partial charge is 0.356 e. The van der Waals surface area contributed by atoms with Gasteiger partial charge in [0.05, 0.1) is 0 Å². The van der Waals surface area contributed by atoms with Gasteiger partial charge in [0.1, 0.15) is 5.54 Å². The Bertz CT molecular complexity index is 790. The van der Waals surface area contributed by atoms with Gasteiger partial charge in [0.15, 0.2) is 5.96 Å². The Morgan fingerprint density at radius 1 is 1.25 bits per heavy atom. The lowest BCUT2D eigenvalue weighted by Crippen LogP contribution is -2.45. The molecular formula is C23H37IN6O2. The van der Waals surface area contributed by atoms with E-state index >= 15 is 0 Å². The van der Waals surface area contributed by atoms with Crippen molar-refractivity contribution in [1.82, 2.24) is 25.8 Å². The topological polar surface area (TPSA) is 89.1 Å². The van der Waals surface area contributed by atoms with E-state index in [0.717, 1.165) is 25.6 Å². The van der Waals surface area contributed by atoms with Gasteiger partial charge < -0.3 is 16.0 Å². The van der Waals surface area contributed by atoms with Gasteiger partial charge in [-0.25, -0.2) is 4.79 Å². The molecule has 8 nitrogen and oxygen atoms in total. The zero-order valence-electron chi connectivity index (χ0n) is 19.4. The molecule has 2 atom stereocenters. The minimum absolute atomic E-state index is 0. The minimum Gasteiger partial charge on any atom is -0.356 e. The number of nitrogens with one attached hydrogen (secondary N) is 3. The van der Waals surface area contributed by atoms with Crippen LogP contribution in [0.15, 0.2) is 35.3 Å². The first-order valence-electron chi connectivity index (χ1n) is 11.3. The second kappa shape index (κ2) is 12.4. The van der Waals surface area contributed by atoms with Crippen molar-refractivity contribution < 1.29 is 9.59 Å². The number of urea groups is 1. The first-order chi connectivity index (χ1) is 15.0. The molecule has 2 heterocycles. The highest BCUT2D eigenvalue weighted by Gasteiger charge is 2.45. The van der Waals surface area contributed by atoms with Crippen LogP contribution in [-0.4, -0.2) is 72.5 Å². The highest BCUT2D eigenvalue weighted by Crippen LogP contribution is 2.21. The molecule has 2 aliphatic rings. The zero-order chi connectivity index (χ0) is 22.3. The number of aliphatic imine (C=N–C) groups is 1. The highest BCUT2D eigenvalue weighted by molar-refractivity contribution is 14.0. The Kier molecular flexibility index (Phi) is 10.2. The summed E-state index contributed by atoms with van der Waals surface area (Å²) in [5.74, 6) is 0.615. The van der Waals surface area contributed by atoms with Crippen LogP contribution in [0.5, 0.6) is 0 Å². The summed E-state index contributed by atoms with van der Waals surface area (Å²) in [5.41, 5.74) is 0.575. The lowest BCUT2D eigenvalue weighted by atomic mass is 9.99. The van der Waals surface area contributed by atoms with Crippen LogP contribution >= 0.6 is 24.0 Å². The van der Waals surface area contributed by atoms with E-state index in [0.29, 0.717) is 32.0 Å². The first kappa shape index (κ1) is 26.4. The molecule has 3 N–H and O–H groups in total. The van der Waals surface area contributed by atoms with Crippen LogP contribution in [0.3, 0.4) is 0 Å². The quantitative estimate of drug-likeness (QED) is 0.143. The Morgan fingerprint density at radius 2 is 2.00 bits per heavy atom. The molecule has 3 amide bonds. The van der Waals surface area contributed by atoms with Crippen LogP contribution in [0.1, 0.15) is 45.1 Å². The SMILES string of the molecule is CCC1(C)NC(=O)N(CCCNC(=NC)NCC2CCCN2Cc2ccccc2)C1=O.I. The van der Waals surface area contributed by atoms with Gasteiger partial charge >= 0.3 is 6.03 Å². The van der Waals surface area contributed by atoms with E-state index in [9.17, 15) is 9.59 Å². The van der Waals surface area contributed by atoms with Crippen LogP contribution in [0, 0.1) is 0 Å². The van der Waals surface area contributed by atoms with E-state index < -0.39 is 5.54 Å². The molecule has 0 saturated carbocycles. The number of carbonyl (C=O) groups excluding carboxylic acids is 2. The van der Waals surface area contributed by atoms with Crippen molar-refractivity contribution in [3.8, 4) is 0 Å². The number of rotatable bonds is 9. The van der Waals surface area contributed by atoms with Crippen LogP contribution < -0.4 is 16.0 Å². The summed E-state index contributed by atoms with van der Waals surface area (Å²) in [4.78, 5) is 32.7.